The first kappa shape index (κ1) is 18.9. The lowest BCUT2D eigenvalue weighted by atomic mass is 9.93. The van der Waals surface area contributed by atoms with E-state index in [-0.39, 0.29) is 0 Å². The predicted octanol–water partition coefficient (Wildman–Crippen LogP) is 4.83. The lowest BCUT2D eigenvalue weighted by Crippen LogP contribution is -2.29. The number of aromatic nitrogens is 4. The number of piperidine rings is 1. The van der Waals surface area contributed by atoms with E-state index in [0.717, 1.165) is 47.5 Å². The fourth-order valence-corrected chi connectivity index (χ4v) is 4.35. The monoisotopic (exact) mass is 397 g/mol. The molecule has 0 bridgehead atoms. The molecule has 5 rings (SSSR count). The molecule has 0 unspecified atom stereocenters. The minimum Gasteiger partial charge on any atom is -0.306 e. The number of likely N-dealkylation sites (tertiary alicyclic amines) is 1. The molecule has 3 aromatic heterocycles. The van der Waals surface area contributed by atoms with E-state index >= 15 is 0 Å². The summed E-state index contributed by atoms with van der Waals surface area (Å²) in [6, 6.07) is 16.7. The van der Waals surface area contributed by atoms with Gasteiger partial charge in [0.25, 0.3) is 0 Å². The van der Waals surface area contributed by atoms with Crippen LogP contribution in [0, 0.1) is 0 Å². The van der Waals surface area contributed by atoms with Crippen molar-refractivity contribution >= 4 is 5.65 Å². The van der Waals surface area contributed by atoms with Gasteiger partial charge in [-0.05, 0) is 51.5 Å². The quantitative estimate of drug-likeness (QED) is 0.495. The van der Waals surface area contributed by atoms with Crippen LogP contribution >= 0.6 is 0 Å². The summed E-state index contributed by atoms with van der Waals surface area (Å²) in [4.78, 5) is 12.2. The molecule has 1 aliphatic rings. The number of pyridine rings is 1. The van der Waals surface area contributed by atoms with Gasteiger partial charge >= 0.3 is 0 Å². The van der Waals surface area contributed by atoms with Gasteiger partial charge in [0, 0.05) is 40.2 Å². The average Bonchev–Trinajstić information content (AvgIpc) is 3.24. The van der Waals surface area contributed by atoms with Crippen LogP contribution in [0.25, 0.3) is 28.0 Å². The van der Waals surface area contributed by atoms with Crippen LogP contribution in [0.15, 0.2) is 60.9 Å². The number of fused-ring (bicyclic) bond motifs is 1. The zero-order valence-electron chi connectivity index (χ0n) is 17.6. The number of benzene rings is 1. The molecule has 1 aliphatic heterocycles. The molecule has 0 amide bonds. The van der Waals surface area contributed by atoms with E-state index in [1.54, 1.807) is 0 Å². The molecule has 0 spiro atoms. The van der Waals surface area contributed by atoms with E-state index in [1.807, 2.05) is 35.1 Å². The van der Waals surface area contributed by atoms with Crippen LogP contribution in [0.3, 0.4) is 0 Å². The topological polar surface area (TPSA) is 46.3 Å². The summed E-state index contributed by atoms with van der Waals surface area (Å²) in [5.74, 6) is 0.526. The van der Waals surface area contributed by atoms with Gasteiger partial charge in [-0.3, -0.25) is 4.98 Å². The molecule has 0 radical (unpaired) electrons. The summed E-state index contributed by atoms with van der Waals surface area (Å²) in [6.45, 7) is 4.46. The molecule has 1 fully saturated rings. The molecule has 1 saturated heterocycles. The number of hydrogen-bond acceptors (Lipinski definition) is 4. The smallest absolute Gasteiger partial charge is 0.163 e. The van der Waals surface area contributed by atoms with E-state index in [0.29, 0.717) is 5.92 Å². The summed E-state index contributed by atoms with van der Waals surface area (Å²) in [5, 5.41) is 4.66. The summed E-state index contributed by atoms with van der Waals surface area (Å²) in [7, 11) is 2.20. The van der Waals surface area contributed by atoms with Crippen LogP contribution in [0.2, 0.25) is 0 Å². The van der Waals surface area contributed by atoms with Crippen LogP contribution in [0.5, 0.6) is 0 Å². The van der Waals surface area contributed by atoms with E-state index < -0.39 is 0 Å². The second-order valence-electron chi connectivity index (χ2n) is 8.20. The summed E-state index contributed by atoms with van der Waals surface area (Å²) >= 11 is 0. The van der Waals surface area contributed by atoms with Crippen LogP contribution in [-0.2, 0) is 6.42 Å². The second kappa shape index (κ2) is 8.00. The van der Waals surface area contributed by atoms with Gasteiger partial charge in [0.2, 0.25) is 0 Å². The Labute approximate surface area is 177 Å². The highest BCUT2D eigenvalue weighted by Crippen LogP contribution is 2.31. The third-order valence-electron chi connectivity index (χ3n) is 6.21. The van der Waals surface area contributed by atoms with Crippen molar-refractivity contribution in [1.82, 2.24) is 24.5 Å². The highest BCUT2D eigenvalue weighted by atomic mass is 15.3. The lowest BCUT2D eigenvalue weighted by Gasteiger charge is -2.28. The van der Waals surface area contributed by atoms with Crippen molar-refractivity contribution in [2.75, 3.05) is 20.1 Å². The average molecular weight is 398 g/mol. The Hall–Kier alpha value is -3.05. The van der Waals surface area contributed by atoms with E-state index in [1.165, 1.54) is 24.2 Å². The highest BCUT2D eigenvalue weighted by Gasteiger charge is 2.22. The van der Waals surface area contributed by atoms with Gasteiger partial charge in [-0.25, -0.2) is 9.50 Å². The molecular weight excluding hydrogens is 370 g/mol. The van der Waals surface area contributed by atoms with Gasteiger partial charge in [-0.1, -0.05) is 43.3 Å². The van der Waals surface area contributed by atoms with Gasteiger partial charge in [-0.15, -0.1) is 0 Å². The van der Waals surface area contributed by atoms with Crippen molar-refractivity contribution in [2.24, 2.45) is 0 Å². The molecule has 5 heteroatoms. The SMILES string of the molecule is CCc1cc(C2CCN(C)CC2)nc2c(-c3ccc(-c4ccccc4)nc3)cnn12. The molecule has 4 heterocycles. The van der Waals surface area contributed by atoms with Crippen molar-refractivity contribution in [2.45, 2.75) is 32.1 Å². The zero-order chi connectivity index (χ0) is 20.5. The zero-order valence-corrected chi connectivity index (χ0v) is 17.6. The molecule has 30 heavy (non-hydrogen) atoms. The predicted molar refractivity (Wildman–Crippen MR) is 121 cm³/mol. The molecule has 0 aliphatic carbocycles. The number of hydrogen-bond donors (Lipinski definition) is 0. The van der Waals surface area contributed by atoms with E-state index in [2.05, 4.69) is 54.3 Å². The van der Waals surface area contributed by atoms with Crippen molar-refractivity contribution < 1.29 is 0 Å². The molecule has 0 saturated carbocycles. The number of nitrogens with zero attached hydrogens (tertiary/aromatic N) is 5. The molecule has 152 valence electrons. The minimum absolute atomic E-state index is 0.526. The van der Waals surface area contributed by atoms with Gasteiger partial charge in [0.1, 0.15) is 0 Å². The first-order valence-corrected chi connectivity index (χ1v) is 10.8. The summed E-state index contributed by atoms with van der Waals surface area (Å²) < 4.78 is 2.00. The van der Waals surface area contributed by atoms with E-state index in [4.69, 9.17) is 9.97 Å². The van der Waals surface area contributed by atoms with Crippen molar-refractivity contribution in [3.63, 3.8) is 0 Å². The van der Waals surface area contributed by atoms with Crippen molar-refractivity contribution in [3.05, 3.63) is 72.3 Å². The Bertz CT molecular complexity index is 1140. The van der Waals surface area contributed by atoms with Gasteiger partial charge in [0.05, 0.1) is 11.9 Å². The normalized spacial score (nSPS) is 15.7. The molecule has 0 N–H and O–H groups in total. The molecule has 0 atom stereocenters. The van der Waals surface area contributed by atoms with E-state index in [9.17, 15) is 0 Å². The Morgan fingerprint density at radius 2 is 1.77 bits per heavy atom. The van der Waals surface area contributed by atoms with Crippen LogP contribution in [0.4, 0.5) is 0 Å². The summed E-state index contributed by atoms with van der Waals surface area (Å²) in [6.07, 6.45) is 7.14. The Kier molecular flexibility index (Phi) is 5.05. The van der Waals surface area contributed by atoms with Gasteiger partial charge in [-0.2, -0.15) is 5.10 Å². The minimum atomic E-state index is 0.526. The molecule has 5 nitrogen and oxygen atoms in total. The third kappa shape index (κ3) is 3.50. The van der Waals surface area contributed by atoms with Crippen LogP contribution in [-0.4, -0.2) is 44.6 Å². The standard InChI is InChI=1S/C25H27N5/c1-3-21-15-24(19-11-13-29(2)14-12-19)28-25-22(17-27-30(21)25)20-9-10-23(26-16-20)18-7-5-4-6-8-18/h4-10,15-17,19H,3,11-14H2,1-2H3. The fraction of sp³-hybridized carbons (Fsp3) is 0.320. The second-order valence-corrected chi connectivity index (χ2v) is 8.20. The van der Waals surface area contributed by atoms with Crippen LogP contribution < -0.4 is 0 Å². The lowest BCUT2D eigenvalue weighted by molar-refractivity contribution is 0.253. The highest BCUT2D eigenvalue weighted by molar-refractivity contribution is 5.77. The Morgan fingerprint density at radius 3 is 2.47 bits per heavy atom. The van der Waals surface area contributed by atoms with Gasteiger partial charge in [0.15, 0.2) is 5.65 Å². The maximum absolute atomic E-state index is 5.10. The largest absolute Gasteiger partial charge is 0.306 e. The van der Waals surface area contributed by atoms with Crippen molar-refractivity contribution in [1.29, 1.82) is 0 Å². The number of aryl methyl sites for hydroxylation is 1. The van der Waals surface area contributed by atoms with Crippen LogP contribution in [0.1, 0.15) is 37.1 Å². The maximum atomic E-state index is 5.10. The molecule has 1 aromatic carbocycles. The first-order chi connectivity index (χ1) is 14.7. The molecular formula is C25H27N5. The number of rotatable bonds is 4. The first-order valence-electron chi connectivity index (χ1n) is 10.8. The third-order valence-corrected chi connectivity index (χ3v) is 6.21. The summed E-state index contributed by atoms with van der Waals surface area (Å²) in [5.41, 5.74) is 7.57. The maximum Gasteiger partial charge on any atom is 0.163 e. The fourth-order valence-electron chi connectivity index (χ4n) is 4.35. The Morgan fingerprint density at radius 1 is 0.967 bits per heavy atom. The van der Waals surface area contributed by atoms with Gasteiger partial charge < -0.3 is 4.90 Å². The Balaban J connectivity index is 1.54. The van der Waals surface area contributed by atoms with Crippen molar-refractivity contribution in [3.8, 4) is 22.4 Å². The molecule has 4 aromatic rings.